The molecule has 0 aliphatic rings. The fourth-order valence-corrected chi connectivity index (χ4v) is 1.44. The summed E-state index contributed by atoms with van der Waals surface area (Å²) in [5, 5.41) is 2.95. The van der Waals surface area contributed by atoms with E-state index in [0.29, 0.717) is 6.42 Å². The summed E-state index contributed by atoms with van der Waals surface area (Å²) in [7, 11) is 3.45. The first-order valence-corrected chi connectivity index (χ1v) is 5.50. The highest BCUT2D eigenvalue weighted by Crippen LogP contribution is 2.12. The Morgan fingerprint density at radius 1 is 1.38 bits per heavy atom. The number of hydrogen-bond acceptors (Lipinski definition) is 3. The first kappa shape index (κ1) is 12.7. The third-order valence-corrected chi connectivity index (χ3v) is 2.74. The molecule has 1 rings (SSSR count). The molecule has 0 aliphatic heterocycles. The smallest absolute Gasteiger partial charge is 0.149 e. The van der Waals surface area contributed by atoms with Gasteiger partial charge in [-0.05, 0) is 38.1 Å². The van der Waals surface area contributed by atoms with E-state index in [1.807, 2.05) is 31.2 Å². The van der Waals surface area contributed by atoms with Crippen molar-refractivity contribution < 1.29 is 9.53 Å². The summed E-state index contributed by atoms with van der Waals surface area (Å²) >= 11 is 0. The lowest BCUT2D eigenvalue weighted by Crippen LogP contribution is -2.30. The zero-order valence-corrected chi connectivity index (χ0v) is 10.1. The quantitative estimate of drug-likeness (QED) is 0.796. The molecule has 1 aromatic rings. The summed E-state index contributed by atoms with van der Waals surface area (Å²) in [4.78, 5) is 11.6. The van der Waals surface area contributed by atoms with Gasteiger partial charge < -0.3 is 10.1 Å². The minimum atomic E-state index is -0.0572. The predicted octanol–water partition coefficient (Wildman–Crippen LogP) is 1.80. The average Bonchev–Trinajstić information content (AvgIpc) is 2.35. The van der Waals surface area contributed by atoms with Gasteiger partial charge in [0.05, 0.1) is 13.2 Å². The van der Waals surface area contributed by atoms with Crippen molar-refractivity contribution in [2.75, 3.05) is 14.2 Å². The van der Waals surface area contributed by atoms with Gasteiger partial charge >= 0.3 is 0 Å². The van der Waals surface area contributed by atoms with E-state index in [1.165, 1.54) is 0 Å². The Bertz CT molecular complexity index is 332. The molecule has 3 heteroatoms. The van der Waals surface area contributed by atoms with Crippen LogP contribution in [-0.2, 0) is 11.2 Å². The van der Waals surface area contributed by atoms with Crippen molar-refractivity contribution in [3.05, 3.63) is 29.8 Å². The van der Waals surface area contributed by atoms with Crippen LogP contribution in [0.3, 0.4) is 0 Å². The van der Waals surface area contributed by atoms with E-state index in [9.17, 15) is 4.79 Å². The van der Waals surface area contributed by atoms with Gasteiger partial charge in [0.1, 0.15) is 11.5 Å². The second kappa shape index (κ2) is 6.28. The third-order valence-electron chi connectivity index (χ3n) is 2.74. The lowest BCUT2D eigenvalue weighted by atomic mass is 10.0. The molecule has 3 nitrogen and oxygen atoms in total. The maximum Gasteiger partial charge on any atom is 0.149 e. The monoisotopic (exact) mass is 221 g/mol. The molecule has 0 saturated carbocycles. The zero-order chi connectivity index (χ0) is 12.0. The lowest BCUT2D eigenvalue weighted by Gasteiger charge is -2.08. The van der Waals surface area contributed by atoms with E-state index in [1.54, 1.807) is 14.2 Å². The van der Waals surface area contributed by atoms with Crippen LogP contribution in [-0.4, -0.2) is 26.0 Å². The Morgan fingerprint density at radius 2 is 2.00 bits per heavy atom. The summed E-state index contributed by atoms with van der Waals surface area (Å²) in [5.41, 5.74) is 1.16. The number of likely N-dealkylation sites (N-methyl/N-ethyl adjacent to an activating group) is 1. The molecule has 0 heterocycles. The summed E-state index contributed by atoms with van der Waals surface area (Å²) in [6.45, 7) is 1.89. The SMILES string of the molecule is CNC(C)C(=O)CCc1ccc(OC)cc1. The highest BCUT2D eigenvalue weighted by Gasteiger charge is 2.09. The fourth-order valence-electron chi connectivity index (χ4n) is 1.44. The Hall–Kier alpha value is -1.35. The Morgan fingerprint density at radius 3 is 2.50 bits per heavy atom. The van der Waals surface area contributed by atoms with Crippen molar-refractivity contribution in [3.8, 4) is 5.75 Å². The Labute approximate surface area is 96.8 Å². The minimum Gasteiger partial charge on any atom is -0.497 e. The number of carbonyl (C=O) groups excluding carboxylic acids is 1. The molecule has 0 saturated heterocycles. The van der Waals surface area contributed by atoms with Crippen LogP contribution in [0.15, 0.2) is 24.3 Å². The molecule has 16 heavy (non-hydrogen) atoms. The molecule has 1 aromatic carbocycles. The first-order valence-electron chi connectivity index (χ1n) is 5.50. The van der Waals surface area contributed by atoms with Crippen molar-refractivity contribution in [1.29, 1.82) is 0 Å². The number of nitrogens with one attached hydrogen (secondary N) is 1. The lowest BCUT2D eigenvalue weighted by molar-refractivity contribution is -0.120. The molecule has 1 unspecified atom stereocenters. The van der Waals surface area contributed by atoms with Crippen LogP contribution in [0.25, 0.3) is 0 Å². The normalized spacial score (nSPS) is 12.2. The second-order valence-corrected chi connectivity index (χ2v) is 3.82. The van der Waals surface area contributed by atoms with Gasteiger partial charge in [-0.3, -0.25) is 4.79 Å². The number of aryl methyl sites for hydroxylation is 1. The van der Waals surface area contributed by atoms with Crippen molar-refractivity contribution in [2.45, 2.75) is 25.8 Å². The number of hydrogen-bond donors (Lipinski definition) is 1. The van der Waals surface area contributed by atoms with Gasteiger partial charge in [0.25, 0.3) is 0 Å². The fraction of sp³-hybridized carbons (Fsp3) is 0.462. The van der Waals surface area contributed by atoms with E-state index in [-0.39, 0.29) is 11.8 Å². The van der Waals surface area contributed by atoms with Crippen LogP contribution in [0.4, 0.5) is 0 Å². The number of ether oxygens (including phenoxy) is 1. The molecule has 0 aliphatic carbocycles. The number of benzene rings is 1. The molecule has 0 bridgehead atoms. The number of Topliss-reactive ketones (excluding diaryl/α,β-unsaturated/α-hetero) is 1. The van der Waals surface area contributed by atoms with Crippen molar-refractivity contribution in [3.63, 3.8) is 0 Å². The van der Waals surface area contributed by atoms with E-state index in [4.69, 9.17) is 4.74 Å². The van der Waals surface area contributed by atoms with Gasteiger partial charge in [-0.2, -0.15) is 0 Å². The maximum atomic E-state index is 11.6. The Kier molecular flexibility index (Phi) is 4.99. The summed E-state index contributed by atoms with van der Waals surface area (Å²) in [6.07, 6.45) is 1.36. The molecule has 0 spiro atoms. The van der Waals surface area contributed by atoms with E-state index >= 15 is 0 Å². The van der Waals surface area contributed by atoms with Gasteiger partial charge in [-0.15, -0.1) is 0 Å². The van der Waals surface area contributed by atoms with Gasteiger partial charge in [0, 0.05) is 6.42 Å². The topological polar surface area (TPSA) is 38.3 Å². The number of rotatable bonds is 6. The molecule has 0 amide bonds. The Balaban J connectivity index is 2.45. The minimum absolute atomic E-state index is 0.0572. The molecule has 0 radical (unpaired) electrons. The van der Waals surface area contributed by atoms with E-state index in [0.717, 1.165) is 17.7 Å². The first-order chi connectivity index (χ1) is 7.67. The predicted molar refractivity (Wildman–Crippen MR) is 64.8 cm³/mol. The van der Waals surface area contributed by atoms with E-state index < -0.39 is 0 Å². The van der Waals surface area contributed by atoms with Gasteiger partial charge in [0.2, 0.25) is 0 Å². The summed E-state index contributed by atoms with van der Waals surface area (Å²) < 4.78 is 5.07. The van der Waals surface area contributed by atoms with Crippen LogP contribution >= 0.6 is 0 Å². The van der Waals surface area contributed by atoms with Gasteiger partial charge in [-0.1, -0.05) is 12.1 Å². The van der Waals surface area contributed by atoms with Crippen molar-refractivity contribution in [1.82, 2.24) is 5.32 Å². The van der Waals surface area contributed by atoms with Gasteiger partial charge in [0.15, 0.2) is 0 Å². The molecule has 0 fully saturated rings. The highest BCUT2D eigenvalue weighted by atomic mass is 16.5. The van der Waals surface area contributed by atoms with Crippen LogP contribution in [0.1, 0.15) is 18.9 Å². The maximum absolute atomic E-state index is 11.6. The van der Waals surface area contributed by atoms with Crippen LogP contribution in [0, 0.1) is 0 Å². The second-order valence-electron chi connectivity index (χ2n) is 3.82. The van der Waals surface area contributed by atoms with E-state index in [2.05, 4.69) is 5.32 Å². The average molecular weight is 221 g/mol. The van der Waals surface area contributed by atoms with Crippen LogP contribution < -0.4 is 10.1 Å². The highest BCUT2D eigenvalue weighted by molar-refractivity contribution is 5.83. The largest absolute Gasteiger partial charge is 0.497 e. The van der Waals surface area contributed by atoms with Crippen molar-refractivity contribution in [2.24, 2.45) is 0 Å². The molecule has 0 aromatic heterocycles. The summed E-state index contributed by atoms with van der Waals surface area (Å²) in [5.74, 6) is 1.09. The van der Waals surface area contributed by atoms with Crippen molar-refractivity contribution >= 4 is 5.78 Å². The third kappa shape index (κ3) is 3.66. The zero-order valence-electron chi connectivity index (χ0n) is 10.1. The molecule has 1 atom stereocenters. The number of carbonyl (C=O) groups is 1. The van der Waals surface area contributed by atoms with Gasteiger partial charge in [-0.25, -0.2) is 0 Å². The molecular weight excluding hydrogens is 202 g/mol. The van der Waals surface area contributed by atoms with Crippen LogP contribution in [0.5, 0.6) is 5.75 Å². The molecule has 1 N–H and O–H groups in total. The van der Waals surface area contributed by atoms with Crippen LogP contribution in [0.2, 0.25) is 0 Å². The number of methoxy groups -OCH3 is 1. The molecule has 88 valence electrons. The standard InChI is InChI=1S/C13H19NO2/c1-10(14-2)13(15)9-6-11-4-7-12(16-3)8-5-11/h4-5,7-8,10,14H,6,9H2,1-3H3. The molecular formula is C13H19NO2. The summed E-state index contributed by atoms with van der Waals surface area (Å²) in [6, 6.07) is 7.77. The number of ketones is 1.